The maximum Gasteiger partial charge on any atom is 0.273 e. The molecule has 0 saturated carbocycles. The van der Waals surface area contributed by atoms with Gasteiger partial charge < -0.3 is 5.32 Å². The van der Waals surface area contributed by atoms with Crippen molar-refractivity contribution in [1.29, 1.82) is 0 Å². The number of rotatable bonds is 4. The molecular weight excluding hydrogens is 354 g/mol. The Bertz CT molecular complexity index is 1170. The highest BCUT2D eigenvalue weighted by molar-refractivity contribution is 6.05. The van der Waals surface area contributed by atoms with Gasteiger partial charge in [-0.05, 0) is 18.2 Å². The molecule has 2 aromatic heterocycles. The van der Waals surface area contributed by atoms with Crippen LogP contribution in [-0.4, -0.2) is 25.9 Å². The molecule has 0 atom stereocenters. The molecule has 2 aromatic carbocycles. The summed E-state index contributed by atoms with van der Waals surface area (Å²) in [7, 11) is 1.73. The van der Waals surface area contributed by atoms with Crippen LogP contribution in [0.15, 0.2) is 77.6 Å². The van der Waals surface area contributed by atoms with Crippen molar-refractivity contribution in [3.63, 3.8) is 0 Å². The molecule has 0 aliphatic carbocycles. The fourth-order valence-corrected chi connectivity index (χ4v) is 2.93. The third-order valence-electron chi connectivity index (χ3n) is 4.31. The molecule has 138 valence electrons. The molecule has 1 amide bonds. The predicted molar refractivity (Wildman–Crippen MR) is 107 cm³/mol. The molecule has 0 aliphatic rings. The largest absolute Gasteiger partial charge is 0.320 e. The van der Waals surface area contributed by atoms with Crippen LogP contribution in [0.25, 0.3) is 22.5 Å². The number of H-pyrrole nitrogens is 1. The molecular formula is C21H17N5O2. The summed E-state index contributed by atoms with van der Waals surface area (Å²) in [6.45, 7) is 0. The van der Waals surface area contributed by atoms with Crippen LogP contribution in [-0.2, 0) is 7.05 Å². The van der Waals surface area contributed by atoms with E-state index in [2.05, 4.69) is 20.6 Å². The minimum absolute atomic E-state index is 0.283. The fourth-order valence-electron chi connectivity index (χ4n) is 2.93. The Balaban J connectivity index is 1.64. The van der Waals surface area contributed by atoms with Crippen molar-refractivity contribution in [3.05, 3.63) is 88.8 Å². The highest BCUT2D eigenvalue weighted by atomic mass is 16.2. The summed E-state index contributed by atoms with van der Waals surface area (Å²) in [6.07, 6.45) is 0. The Kier molecular flexibility index (Phi) is 4.55. The minimum Gasteiger partial charge on any atom is -0.320 e. The van der Waals surface area contributed by atoms with Crippen LogP contribution in [0.3, 0.4) is 0 Å². The molecule has 0 saturated heterocycles. The maximum absolute atomic E-state index is 12.9. The van der Waals surface area contributed by atoms with Crippen LogP contribution in [0.5, 0.6) is 0 Å². The first-order valence-corrected chi connectivity index (χ1v) is 8.68. The molecule has 0 bridgehead atoms. The van der Waals surface area contributed by atoms with Crippen LogP contribution in [0.1, 0.15) is 10.5 Å². The number of aromatic amines is 1. The average molecular weight is 371 g/mol. The molecule has 0 spiro atoms. The molecule has 0 radical (unpaired) electrons. The van der Waals surface area contributed by atoms with Gasteiger partial charge in [-0.1, -0.05) is 48.5 Å². The van der Waals surface area contributed by atoms with E-state index in [-0.39, 0.29) is 11.5 Å². The van der Waals surface area contributed by atoms with Gasteiger partial charge in [0.15, 0.2) is 0 Å². The number of amides is 1. The third kappa shape index (κ3) is 3.45. The van der Waals surface area contributed by atoms with E-state index in [4.69, 9.17) is 0 Å². The number of para-hydroxylation sites is 1. The first kappa shape index (κ1) is 17.4. The first-order chi connectivity index (χ1) is 13.6. The highest BCUT2D eigenvalue weighted by Crippen LogP contribution is 2.26. The second-order valence-corrected chi connectivity index (χ2v) is 6.21. The predicted octanol–water partition coefficient (Wildman–Crippen LogP) is 3.09. The summed E-state index contributed by atoms with van der Waals surface area (Å²) in [4.78, 5) is 24.1. The van der Waals surface area contributed by atoms with Crippen LogP contribution >= 0.6 is 0 Å². The second kappa shape index (κ2) is 7.32. The number of aryl methyl sites for hydroxylation is 1. The lowest BCUT2D eigenvalue weighted by Gasteiger charge is -2.10. The average Bonchev–Trinajstić information content (AvgIpc) is 3.12. The van der Waals surface area contributed by atoms with Gasteiger partial charge in [-0.3, -0.25) is 14.3 Å². The number of benzene rings is 2. The highest BCUT2D eigenvalue weighted by Gasteiger charge is 2.16. The zero-order chi connectivity index (χ0) is 19.5. The van der Waals surface area contributed by atoms with Crippen molar-refractivity contribution in [3.8, 4) is 22.5 Å². The van der Waals surface area contributed by atoms with Crippen molar-refractivity contribution >= 4 is 11.6 Å². The second-order valence-electron chi connectivity index (χ2n) is 6.21. The molecule has 2 heterocycles. The van der Waals surface area contributed by atoms with Crippen LogP contribution < -0.4 is 10.9 Å². The van der Waals surface area contributed by atoms with E-state index in [9.17, 15) is 9.59 Å². The van der Waals surface area contributed by atoms with Crippen molar-refractivity contribution < 1.29 is 4.79 Å². The molecule has 7 heteroatoms. The Morgan fingerprint density at radius 3 is 2.46 bits per heavy atom. The lowest BCUT2D eigenvalue weighted by Crippen LogP contribution is -2.16. The first-order valence-electron chi connectivity index (χ1n) is 8.68. The quantitative estimate of drug-likeness (QED) is 0.577. The smallest absolute Gasteiger partial charge is 0.273 e. The number of anilines is 1. The van der Waals surface area contributed by atoms with Gasteiger partial charge in [0.25, 0.3) is 11.5 Å². The zero-order valence-electron chi connectivity index (χ0n) is 15.1. The van der Waals surface area contributed by atoms with E-state index in [1.54, 1.807) is 29.9 Å². The zero-order valence-corrected chi connectivity index (χ0v) is 15.1. The van der Waals surface area contributed by atoms with Crippen molar-refractivity contribution in [1.82, 2.24) is 20.0 Å². The molecule has 7 nitrogen and oxygen atoms in total. The van der Waals surface area contributed by atoms with Crippen LogP contribution in [0.2, 0.25) is 0 Å². The number of nitrogens with one attached hydrogen (secondary N) is 2. The Labute approximate surface area is 160 Å². The standard InChI is InChI=1S/C21H17N5O2/c1-26-19(13-18(25-26)14-7-3-2-4-8-14)21(28)22-16-10-6-5-9-15(16)17-11-12-20(27)24-23-17/h2-13H,1H3,(H,22,28)(H,24,27). The number of nitrogens with zero attached hydrogens (tertiary/aromatic N) is 3. The van der Waals surface area contributed by atoms with Crippen LogP contribution in [0.4, 0.5) is 5.69 Å². The fraction of sp³-hybridized carbons (Fsp3) is 0.0476. The van der Waals surface area contributed by atoms with Gasteiger partial charge in [0.05, 0.1) is 17.1 Å². The SMILES string of the molecule is Cn1nc(-c2ccccc2)cc1C(=O)Nc1ccccc1-c1ccc(=O)[nH]n1. The normalized spacial score (nSPS) is 10.6. The van der Waals surface area contributed by atoms with Crippen molar-refractivity contribution in [2.75, 3.05) is 5.32 Å². The summed E-state index contributed by atoms with van der Waals surface area (Å²) < 4.78 is 1.55. The number of hydrogen-bond donors (Lipinski definition) is 2. The topological polar surface area (TPSA) is 92.7 Å². The summed E-state index contributed by atoms with van der Waals surface area (Å²) in [5.74, 6) is -0.283. The van der Waals surface area contributed by atoms with E-state index < -0.39 is 0 Å². The number of aromatic nitrogens is 4. The minimum atomic E-state index is -0.284. The maximum atomic E-state index is 12.9. The van der Waals surface area contributed by atoms with Gasteiger partial charge >= 0.3 is 0 Å². The number of hydrogen-bond acceptors (Lipinski definition) is 4. The van der Waals surface area contributed by atoms with Gasteiger partial charge in [-0.2, -0.15) is 10.2 Å². The summed E-state index contributed by atoms with van der Waals surface area (Å²) in [6, 6.07) is 21.7. The molecule has 0 fully saturated rings. The Morgan fingerprint density at radius 1 is 0.964 bits per heavy atom. The molecule has 28 heavy (non-hydrogen) atoms. The molecule has 4 rings (SSSR count). The van der Waals surface area contributed by atoms with Crippen molar-refractivity contribution in [2.45, 2.75) is 0 Å². The van der Waals surface area contributed by atoms with Gasteiger partial charge in [0.1, 0.15) is 5.69 Å². The molecule has 4 aromatic rings. The molecule has 0 unspecified atom stereocenters. The van der Waals surface area contributed by atoms with Gasteiger partial charge in [-0.25, -0.2) is 5.10 Å². The Hall–Kier alpha value is -4.00. The monoisotopic (exact) mass is 371 g/mol. The van der Waals surface area contributed by atoms with E-state index in [0.29, 0.717) is 22.6 Å². The summed E-state index contributed by atoms with van der Waals surface area (Å²) >= 11 is 0. The van der Waals surface area contributed by atoms with E-state index >= 15 is 0 Å². The van der Waals surface area contributed by atoms with Gasteiger partial charge in [0.2, 0.25) is 0 Å². The number of carbonyl (C=O) groups excluding carboxylic acids is 1. The van der Waals surface area contributed by atoms with Gasteiger partial charge in [0, 0.05) is 24.2 Å². The van der Waals surface area contributed by atoms with Crippen LogP contribution in [0, 0.1) is 0 Å². The molecule has 2 N–H and O–H groups in total. The number of carbonyl (C=O) groups is 1. The lowest BCUT2D eigenvalue weighted by atomic mass is 10.1. The van der Waals surface area contributed by atoms with E-state index in [0.717, 1.165) is 11.3 Å². The van der Waals surface area contributed by atoms with E-state index in [1.165, 1.54) is 6.07 Å². The Morgan fingerprint density at radius 2 is 1.71 bits per heavy atom. The van der Waals surface area contributed by atoms with Crippen molar-refractivity contribution in [2.24, 2.45) is 7.05 Å². The molecule has 0 aliphatic heterocycles. The third-order valence-corrected chi connectivity index (χ3v) is 4.31. The summed E-state index contributed by atoms with van der Waals surface area (Å²) in [5, 5.41) is 13.8. The lowest BCUT2D eigenvalue weighted by molar-refractivity contribution is 0.101. The van der Waals surface area contributed by atoms with E-state index in [1.807, 2.05) is 48.5 Å². The summed E-state index contributed by atoms with van der Waals surface area (Å²) in [5.41, 5.74) is 3.67. The van der Waals surface area contributed by atoms with Gasteiger partial charge in [-0.15, -0.1) is 0 Å².